The lowest BCUT2D eigenvalue weighted by molar-refractivity contribution is 1.04. The minimum Gasteiger partial charge on any atom is -0.361 e. The Morgan fingerprint density at radius 2 is 1.79 bits per heavy atom. The lowest BCUT2D eigenvalue weighted by Crippen LogP contribution is -2.11. The molecule has 0 N–H and O–H groups in total. The van der Waals surface area contributed by atoms with Gasteiger partial charge in [0.25, 0.3) is 0 Å². The maximum atomic E-state index is 5.90. The smallest absolute Gasteiger partial charge is 0.170 e. The Hall–Kier alpha value is -2.14. The fraction of sp³-hybridized carbons (Fsp3) is 0.154. The summed E-state index contributed by atoms with van der Waals surface area (Å²) >= 11 is 5.90. The molecule has 0 bridgehead atoms. The minimum atomic E-state index is 0.705. The Bertz CT molecular complexity index is 717. The van der Waals surface area contributed by atoms with Crippen molar-refractivity contribution in [3.05, 3.63) is 41.9 Å². The van der Waals surface area contributed by atoms with Crippen LogP contribution in [0.1, 0.15) is 0 Å². The molecule has 0 spiro atoms. The Labute approximate surface area is 115 Å². The highest BCUT2D eigenvalue weighted by molar-refractivity contribution is 6.30. The number of anilines is 1. The zero-order chi connectivity index (χ0) is 13.4. The molecule has 0 aliphatic rings. The van der Waals surface area contributed by atoms with E-state index in [0.29, 0.717) is 5.02 Å². The minimum absolute atomic E-state index is 0.705. The summed E-state index contributed by atoms with van der Waals surface area (Å²) in [5.41, 5.74) is 2.53. The van der Waals surface area contributed by atoms with Crippen LogP contribution in [0.15, 0.2) is 36.9 Å². The first-order chi connectivity index (χ1) is 9.16. The van der Waals surface area contributed by atoms with Crippen molar-refractivity contribution >= 4 is 28.6 Å². The Morgan fingerprint density at radius 1 is 1.05 bits per heavy atom. The molecule has 0 aliphatic carbocycles. The van der Waals surface area contributed by atoms with Gasteiger partial charge in [-0.1, -0.05) is 11.6 Å². The average molecular weight is 274 g/mol. The quantitative estimate of drug-likeness (QED) is 0.720. The number of halogens is 1. The maximum Gasteiger partial charge on any atom is 0.170 e. The van der Waals surface area contributed by atoms with Gasteiger partial charge in [-0.3, -0.25) is 4.57 Å². The molecular weight excluding hydrogens is 262 g/mol. The molecule has 2 heterocycles. The highest BCUT2D eigenvalue weighted by atomic mass is 35.5. The normalized spacial score (nSPS) is 10.9. The Kier molecular flexibility index (Phi) is 2.83. The molecule has 3 rings (SSSR count). The summed E-state index contributed by atoms with van der Waals surface area (Å²) in [6.45, 7) is 0. The van der Waals surface area contributed by atoms with Crippen LogP contribution < -0.4 is 4.90 Å². The molecule has 0 atom stereocenters. The number of hydrogen-bond acceptors (Lipinski definition) is 4. The van der Waals surface area contributed by atoms with Gasteiger partial charge in [-0.05, 0) is 24.3 Å². The zero-order valence-electron chi connectivity index (χ0n) is 10.6. The van der Waals surface area contributed by atoms with Gasteiger partial charge in [0.2, 0.25) is 0 Å². The van der Waals surface area contributed by atoms with Gasteiger partial charge in [0.05, 0.1) is 0 Å². The van der Waals surface area contributed by atoms with Crippen LogP contribution in [0.4, 0.5) is 5.82 Å². The lowest BCUT2D eigenvalue weighted by Gasteiger charge is -2.10. The van der Waals surface area contributed by atoms with E-state index in [2.05, 4.69) is 15.0 Å². The molecule has 0 saturated heterocycles. The summed E-state index contributed by atoms with van der Waals surface area (Å²) < 4.78 is 1.92. The van der Waals surface area contributed by atoms with Crippen LogP contribution in [0.25, 0.3) is 16.9 Å². The predicted octanol–water partition coefficient (Wildman–Crippen LogP) is 2.53. The topological polar surface area (TPSA) is 46.8 Å². The molecule has 0 radical (unpaired) electrons. The van der Waals surface area contributed by atoms with Gasteiger partial charge in [-0.15, -0.1) is 0 Å². The van der Waals surface area contributed by atoms with Gasteiger partial charge in [-0.25, -0.2) is 15.0 Å². The Morgan fingerprint density at radius 3 is 2.47 bits per heavy atom. The first-order valence-corrected chi connectivity index (χ1v) is 6.16. The van der Waals surface area contributed by atoms with Crippen molar-refractivity contribution in [1.82, 2.24) is 19.5 Å². The van der Waals surface area contributed by atoms with E-state index < -0.39 is 0 Å². The van der Waals surface area contributed by atoms with E-state index in [9.17, 15) is 0 Å². The highest BCUT2D eigenvalue weighted by Crippen LogP contribution is 2.22. The van der Waals surface area contributed by atoms with Crippen LogP contribution in [-0.2, 0) is 0 Å². The first-order valence-electron chi connectivity index (χ1n) is 5.78. The highest BCUT2D eigenvalue weighted by Gasteiger charge is 2.12. The van der Waals surface area contributed by atoms with Crippen LogP contribution in [0, 0.1) is 0 Å². The summed E-state index contributed by atoms with van der Waals surface area (Å²) in [6.07, 6.45) is 3.29. The maximum absolute atomic E-state index is 5.90. The van der Waals surface area contributed by atoms with Crippen molar-refractivity contribution < 1.29 is 0 Å². The number of rotatable bonds is 2. The van der Waals surface area contributed by atoms with E-state index >= 15 is 0 Å². The SMILES string of the molecule is CN(C)c1ncnc2c1ncn2-c1ccc(Cl)cc1. The third-order valence-corrected chi connectivity index (χ3v) is 3.09. The van der Waals surface area contributed by atoms with E-state index in [-0.39, 0.29) is 0 Å². The van der Waals surface area contributed by atoms with Crippen LogP contribution in [-0.4, -0.2) is 33.6 Å². The van der Waals surface area contributed by atoms with Gasteiger partial charge < -0.3 is 4.90 Å². The average Bonchev–Trinajstić information content (AvgIpc) is 2.83. The van der Waals surface area contributed by atoms with Crippen molar-refractivity contribution in [3.63, 3.8) is 0 Å². The van der Waals surface area contributed by atoms with Crippen LogP contribution >= 0.6 is 11.6 Å². The number of hydrogen-bond donors (Lipinski definition) is 0. The third-order valence-electron chi connectivity index (χ3n) is 2.84. The fourth-order valence-electron chi connectivity index (χ4n) is 1.94. The molecule has 0 fully saturated rings. The molecule has 0 unspecified atom stereocenters. The van der Waals surface area contributed by atoms with E-state index in [1.807, 2.05) is 47.8 Å². The van der Waals surface area contributed by atoms with Gasteiger partial charge in [0.15, 0.2) is 17.0 Å². The van der Waals surface area contributed by atoms with Crippen molar-refractivity contribution in [2.75, 3.05) is 19.0 Å². The lowest BCUT2D eigenvalue weighted by atomic mass is 10.3. The third kappa shape index (κ3) is 2.02. The fourth-order valence-corrected chi connectivity index (χ4v) is 2.07. The molecule has 0 amide bonds. The zero-order valence-corrected chi connectivity index (χ0v) is 11.3. The van der Waals surface area contributed by atoms with Crippen molar-refractivity contribution in [2.45, 2.75) is 0 Å². The van der Waals surface area contributed by atoms with E-state index in [1.54, 1.807) is 12.7 Å². The summed E-state index contributed by atoms with van der Waals surface area (Å²) in [5, 5.41) is 0.705. The van der Waals surface area contributed by atoms with Crippen LogP contribution in [0.2, 0.25) is 5.02 Å². The van der Waals surface area contributed by atoms with Crippen molar-refractivity contribution in [2.24, 2.45) is 0 Å². The monoisotopic (exact) mass is 273 g/mol. The number of aromatic nitrogens is 4. The van der Waals surface area contributed by atoms with E-state index in [0.717, 1.165) is 22.7 Å². The molecule has 5 nitrogen and oxygen atoms in total. The number of benzene rings is 1. The van der Waals surface area contributed by atoms with E-state index in [4.69, 9.17) is 11.6 Å². The summed E-state index contributed by atoms with van der Waals surface area (Å²) in [6, 6.07) is 7.55. The molecule has 0 saturated carbocycles. The summed E-state index contributed by atoms with van der Waals surface area (Å²) in [7, 11) is 3.87. The van der Waals surface area contributed by atoms with Crippen molar-refractivity contribution in [1.29, 1.82) is 0 Å². The Balaban J connectivity index is 2.21. The second kappa shape index (κ2) is 4.51. The summed E-state index contributed by atoms with van der Waals surface area (Å²) in [4.78, 5) is 14.9. The van der Waals surface area contributed by atoms with Gasteiger partial charge in [-0.2, -0.15) is 0 Å². The summed E-state index contributed by atoms with van der Waals surface area (Å²) in [5.74, 6) is 0.803. The molecule has 6 heteroatoms. The van der Waals surface area contributed by atoms with Crippen molar-refractivity contribution in [3.8, 4) is 5.69 Å². The molecule has 3 aromatic rings. The van der Waals surface area contributed by atoms with Gasteiger partial charge in [0, 0.05) is 24.8 Å². The predicted molar refractivity (Wildman–Crippen MR) is 76.0 cm³/mol. The molecule has 96 valence electrons. The van der Waals surface area contributed by atoms with Gasteiger partial charge >= 0.3 is 0 Å². The van der Waals surface area contributed by atoms with E-state index in [1.165, 1.54) is 0 Å². The molecule has 19 heavy (non-hydrogen) atoms. The first kappa shape index (κ1) is 11.9. The molecular formula is C13H12ClN5. The number of nitrogens with zero attached hydrogens (tertiary/aromatic N) is 5. The standard InChI is InChI=1S/C13H12ClN5/c1-18(2)12-11-13(16-7-15-12)19(8-17-11)10-5-3-9(14)4-6-10/h3-8H,1-2H3. The second-order valence-corrected chi connectivity index (χ2v) is 4.79. The molecule has 2 aromatic heterocycles. The van der Waals surface area contributed by atoms with Gasteiger partial charge in [0.1, 0.15) is 12.7 Å². The largest absolute Gasteiger partial charge is 0.361 e. The van der Waals surface area contributed by atoms with Crippen LogP contribution in [0.3, 0.4) is 0 Å². The second-order valence-electron chi connectivity index (χ2n) is 4.35. The number of imidazole rings is 1. The molecule has 0 aliphatic heterocycles. The van der Waals surface area contributed by atoms with Crippen LogP contribution in [0.5, 0.6) is 0 Å². The number of fused-ring (bicyclic) bond motifs is 1. The molecule has 1 aromatic carbocycles.